The summed E-state index contributed by atoms with van der Waals surface area (Å²) in [5, 5.41) is 23.0. The Morgan fingerprint density at radius 1 is 1.31 bits per heavy atom. The molecule has 8 nitrogen and oxygen atoms in total. The van der Waals surface area contributed by atoms with E-state index in [-0.39, 0.29) is 0 Å². The highest BCUT2D eigenvalue weighted by molar-refractivity contribution is 6.30. The van der Waals surface area contributed by atoms with Gasteiger partial charge >= 0.3 is 0 Å². The van der Waals surface area contributed by atoms with Crippen LogP contribution in [0, 0.1) is 0 Å². The Bertz CT molecular complexity index is 1090. The van der Waals surface area contributed by atoms with Crippen LogP contribution in [0.3, 0.4) is 0 Å². The fourth-order valence-electron chi connectivity index (χ4n) is 2.76. The zero-order chi connectivity index (χ0) is 18.3. The summed E-state index contributed by atoms with van der Waals surface area (Å²) in [4.78, 5) is 4.24. The molecule has 0 aliphatic heterocycles. The predicted octanol–water partition coefficient (Wildman–Crippen LogP) is 2.47. The Hall–Kier alpha value is -3.10. The van der Waals surface area contributed by atoms with Crippen LogP contribution in [0.4, 0.5) is 11.5 Å². The average molecular weight is 370 g/mol. The summed E-state index contributed by atoms with van der Waals surface area (Å²) in [5.74, 6) is 0.354. The Morgan fingerprint density at radius 2 is 2.15 bits per heavy atom. The third-order valence-electron chi connectivity index (χ3n) is 3.93. The molecule has 0 fully saturated rings. The third-order valence-corrected chi connectivity index (χ3v) is 4.17. The van der Waals surface area contributed by atoms with E-state index in [1.54, 1.807) is 39.9 Å². The van der Waals surface area contributed by atoms with Crippen molar-refractivity contribution in [2.24, 2.45) is 7.05 Å². The Balaban J connectivity index is 1.70. The first-order chi connectivity index (χ1) is 12.5. The van der Waals surface area contributed by atoms with E-state index < -0.39 is 6.23 Å². The van der Waals surface area contributed by atoms with Gasteiger partial charge in [0.2, 0.25) is 0 Å². The minimum absolute atomic E-state index is 0.354. The lowest BCUT2D eigenvalue weighted by Gasteiger charge is -2.13. The van der Waals surface area contributed by atoms with E-state index in [0.29, 0.717) is 33.4 Å². The average Bonchev–Trinajstić information content (AvgIpc) is 3.17. The summed E-state index contributed by atoms with van der Waals surface area (Å²) < 4.78 is 3.22. The number of nitrogens with two attached hydrogens (primary N) is 1. The number of nitrogen functional groups attached to an aromatic ring is 1. The number of aromatic nitrogens is 5. The van der Waals surface area contributed by atoms with Crippen molar-refractivity contribution in [3.05, 3.63) is 59.5 Å². The highest BCUT2D eigenvalue weighted by Crippen LogP contribution is 2.30. The zero-order valence-corrected chi connectivity index (χ0v) is 14.6. The molecule has 0 bridgehead atoms. The number of nitrogens with zero attached hydrogens (tertiary/aromatic N) is 5. The van der Waals surface area contributed by atoms with Gasteiger partial charge in [-0.05, 0) is 18.2 Å². The molecule has 132 valence electrons. The van der Waals surface area contributed by atoms with E-state index in [4.69, 9.17) is 17.3 Å². The number of aliphatic hydroxyl groups is 1. The smallest absolute Gasteiger partial charge is 0.165 e. The molecule has 0 spiro atoms. The van der Waals surface area contributed by atoms with E-state index in [1.165, 1.54) is 0 Å². The topological polar surface area (TPSA) is 106 Å². The molecular weight excluding hydrogens is 354 g/mol. The number of halogens is 1. The van der Waals surface area contributed by atoms with Crippen LogP contribution in [0.5, 0.6) is 0 Å². The molecule has 3 heterocycles. The Labute approximate surface area is 153 Å². The minimum atomic E-state index is -1.04. The summed E-state index contributed by atoms with van der Waals surface area (Å²) in [6.45, 7) is 0. The quantitative estimate of drug-likeness (QED) is 0.477. The molecule has 0 aliphatic carbocycles. The number of aliphatic hydroxyl groups excluding tert-OH is 1. The van der Waals surface area contributed by atoms with Crippen LogP contribution in [0.1, 0.15) is 11.8 Å². The molecule has 1 unspecified atom stereocenters. The van der Waals surface area contributed by atoms with E-state index in [9.17, 15) is 5.11 Å². The van der Waals surface area contributed by atoms with Gasteiger partial charge in [-0.25, -0.2) is 9.50 Å². The van der Waals surface area contributed by atoms with E-state index >= 15 is 0 Å². The summed E-state index contributed by atoms with van der Waals surface area (Å²) in [6, 6.07) is 9.01. The monoisotopic (exact) mass is 369 g/mol. The number of nitrogens with one attached hydrogen (secondary N) is 1. The van der Waals surface area contributed by atoms with Gasteiger partial charge in [0, 0.05) is 30.0 Å². The lowest BCUT2D eigenvalue weighted by Crippen LogP contribution is -2.10. The number of fused-ring (bicyclic) bond motifs is 1. The normalized spacial score (nSPS) is 12.4. The SMILES string of the molecule is Cn1cc(NC(O)c2cnn3ccc(N)nc23)c(-c2cccc(Cl)c2)n1. The molecular formula is C17H16ClN7O. The van der Waals surface area contributed by atoms with Crippen LogP contribution < -0.4 is 11.1 Å². The van der Waals surface area contributed by atoms with Crippen LogP contribution in [-0.4, -0.2) is 29.5 Å². The fourth-order valence-corrected chi connectivity index (χ4v) is 2.95. The van der Waals surface area contributed by atoms with Crippen molar-refractivity contribution in [2.45, 2.75) is 6.23 Å². The largest absolute Gasteiger partial charge is 0.384 e. The molecule has 26 heavy (non-hydrogen) atoms. The van der Waals surface area contributed by atoms with Crippen LogP contribution in [0.15, 0.2) is 48.9 Å². The van der Waals surface area contributed by atoms with Gasteiger partial charge in [0.25, 0.3) is 0 Å². The van der Waals surface area contributed by atoms with Crippen LogP contribution >= 0.6 is 11.6 Å². The van der Waals surface area contributed by atoms with E-state index in [0.717, 1.165) is 5.56 Å². The molecule has 4 aromatic rings. The number of hydrogen-bond donors (Lipinski definition) is 3. The maximum atomic E-state index is 10.7. The number of benzene rings is 1. The predicted molar refractivity (Wildman–Crippen MR) is 99.6 cm³/mol. The molecule has 0 aliphatic rings. The Kier molecular flexibility index (Phi) is 3.98. The summed E-state index contributed by atoms with van der Waals surface area (Å²) in [5.41, 5.74) is 8.92. The molecule has 0 amide bonds. The fraction of sp³-hybridized carbons (Fsp3) is 0.118. The van der Waals surface area contributed by atoms with Gasteiger partial charge in [-0.15, -0.1) is 0 Å². The first-order valence-electron chi connectivity index (χ1n) is 7.85. The summed E-state index contributed by atoms with van der Waals surface area (Å²) >= 11 is 6.09. The van der Waals surface area contributed by atoms with Crippen molar-refractivity contribution in [1.29, 1.82) is 0 Å². The zero-order valence-electron chi connectivity index (χ0n) is 13.8. The van der Waals surface area contributed by atoms with Gasteiger partial charge in [-0.2, -0.15) is 10.2 Å². The molecule has 4 rings (SSSR count). The van der Waals surface area contributed by atoms with Gasteiger partial charge in [-0.3, -0.25) is 4.68 Å². The summed E-state index contributed by atoms with van der Waals surface area (Å²) in [6.07, 6.45) is 3.99. The van der Waals surface area contributed by atoms with Gasteiger partial charge < -0.3 is 16.2 Å². The second-order valence-corrected chi connectivity index (χ2v) is 6.28. The molecule has 4 N–H and O–H groups in total. The standard InChI is InChI=1S/C17H16ClN7O/c1-24-9-13(15(23-24)10-3-2-4-11(18)7-10)21-17(26)12-8-20-25-6-5-14(19)22-16(12)25/h2-9,17,21,26H,1H3,(H2,19,22). The maximum absolute atomic E-state index is 10.7. The molecule has 9 heteroatoms. The van der Waals surface area contributed by atoms with Crippen molar-refractivity contribution in [3.8, 4) is 11.3 Å². The highest BCUT2D eigenvalue weighted by Gasteiger charge is 2.18. The lowest BCUT2D eigenvalue weighted by molar-refractivity contribution is 0.209. The third kappa shape index (κ3) is 2.96. The molecule has 0 radical (unpaired) electrons. The maximum Gasteiger partial charge on any atom is 0.165 e. The van der Waals surface area contributed by atoms with Gasteiger partial charge in [0.1, 0.15) is 11.5 Å². The van der Waals surface area contributed by atoms with Crippen molar-refractivity contribution < 1.29 is 5.11 Å². The molecule has 3 aromatic heterocycles. The van der Waals surface area contributed by atoms with Crippen molar-refractivity contribution >= 4 is 28.8 Å². The summed E-state index contributed by atoms with van der Waals surface area (Å²) in [7, 11) is 1.81. The van der Waals surface area contributed by atoms with Gasteiger partial charge in [0.05, 0.1) is 17.4 Å². The second-order valence-electron chi connectivity index (χ2n) is 5.84. The second kappa shape index (κ2) is 6.32. The van der Waals surface area contributed by atoms with Gasteiger partial charge in [0.15, 0.2) is 11.9 Å². The van der Waals surface area contributed by atoms with Gasteiger partial charge in [-0.1, -0.05) is 23.7 Å². The number of rotatable bonds is 4. The lowest BCUT2D eigenvalue weighted by atomic mass is 10.1. The van der Waals surface area contributed by atoms with Crippen LogP contribution in [0.25, 0.3) is 16.9 Å². The first kappa shape index (κ1) is 16.4. The number of hydrogen-bond acceptors (Lipinski definition) is 6. The van der Waals surface area contributed by atoms with E-state index in [1.807, 2.05) is 25.2 Å². The highest BCUT2D eigenvalue weighted by atomic mass is 35.5. The molecule has 0 saturated heterocycles. The first-order valence-corrected chi connectivity index (χ1v) is 8.23. The van der Waals surface area contributed by atoms with Crippen molar-refractivity contribution in [2.75, 3.05) is 11.1 Å². The number of anilines is 2. The minimum Gasteiger partial charge on any atom is -0.384 e. The molecule has 0 saturated carbocycles. The van der Waals surface area contributed by atoms with Crippen molar-refractivity contribution in [1.82, 2.24) is 24.4 Å². The molecule has 1 atom stereocenters. The van der Waals surface area contributed by atoms with Crippen LogP contribution in [0.2, 0.25) is 5.02 Å². The van der Waals surface area contributed by atoms with Crippen LogP contribution in [-0.2, 0) is 7.05 Å². The van der Waals surface area contributed by atoms with E-state index in [2.05, 4.69) is 20.5 Å². The van der Waals surface area contributed by atoms with Crippen molar-refractivity contribution in [3.63, 3.8) is 0 Å². The molecule has 1 aromatic carbocycles. The Morgan fingerprint density at radius 3 is 2.96 bits per heavy atom. The number of aryl methyl sites for hydroxylation is 1.